The van der Waals surface area contributed by atoms with Gasteiger partial charge in [-0.25, -0.2) is 4.39 Å². The molecule has 4 aromatic rings. The topological polar surface area (TPSA) is 83.7 Å². The van der Waals surface area contributed by atoms with Crippen LogP contribution in [-0.2, 0) is 16.0 Å². The Hall–Kier alpha value is -4.33. The summed E-state index contributed by atoms with van der Waals surface area (Å²) in [5, 5.41) is 4.10. The van der Waals surface area contributed by atoms with Gasteiger partial charge in [0.25, 0.3) is 0 Å². The summed E-state index contributed by atoms with van der Waals surface area (Å²) in [6.45, 7) is 0. The molecule has 3 aromatic carbocycles. The quantitative estimate of drug-likeness (QED) is 0.268. The van der Waals surface area contributed by atoms with Gasteiger partial charge in [0.05, 0.1) is 20.6 Å². The fourth-order valence-corrected chi connectivity index (χ4v) is 5.56. The first-order valence-corrected chi connectivity index (χ1v) is 13.6. The van der Waals surface area contributed by atoms with Crippen LogP contribution in [0.15, 0.2) is 72.9 Å². The molecule has 1 heterocycles. The number of amides is 2. The number of rotatable bonds is 9. The molecule has 1 atom stereocenters. The molecule has 0 saturated heterocycles. The molecule has 208 valence electrons. The Labute approximate surface area is 233 Å². The number of nitrogens with zero attached hydrogens (tertiary/aromatic N) is 1. The number of nitrogens with one attached hydrogen (secondary N) is 2. The molecule has 8 heteroatoms. The summed E-state index contributed by atoms with van der Waals surface area (Å²) in [4.78, 5) is 33.0. The van der Waals surface area contributed by atoms with Crippen LogP contribution < -0.4 is 19.7 Å². The summed E-state index contributed by atoms with van der Waals surface area (Å²) in [6.07, 6.45) is 6.77. The minimum absolute atomic E-state index is 0.00562. The third kappa shape index (κ3) is 5.81. The number of hydrogen-bond acceptors (Lipinski definition) is 4. The van der Waals surface area contributed by atoms with Crippen molar-refractivity contribution in [3.63, 3.8) is 0 Å². The summed E-state index contributed by atoms with van der Waals surface area (Å²) in [7, 11) is 3.06. The first-order valence-electron chi connectivity index (χ1n) is 13.6. The second kappa shape index (κ2) is 12.2. The van der Waals surface area contributed by atoms with Crippen LogP contribution >= 0.6 is 0 Å². The third-order valence-electron chi connectivity index (χ3n) is 7.56. The Morgan fingerprint density at radius 1 is 1.00 bits per heavy atom. The molecular weight excluding hydrogens is 509 g/mol. The Kier molecular flexibility index (Phi) is 8.34. The number of H-pyrrole nitrogens is 1. The number of anilines is 1. The smallest absolute Gasteiger partial charge is 0.248 e. The van der Waals surface area contributed by atoms with Gasteiger partial charge in [0.15, 0.2) is 0 Å². The molecule has 0 radical (unpaired) electrons. The maximum atomic E-state index is 14.6. The molecule has 1 aromatic heterocycles. The van der Waals surface area contributed by atoms with E-state index in [0.717, 1.165) is 48.6 Å². The number of benzene rings is 3. The van der Waals surface area contributed by atoms with E-state index in [-0.39, 0.29) is 30.0 Å². The number of hydrogen-bond donors (Lipinski definition) is 2. The van der Waals surface area contributed by atoms with Crippen LogP contribution in [0.1, 0.15) is 49.3 Å². The zero-order valence-corrected chi connectivity index (χ0v) is 22.8. The zero-order valence-electron chi connectivity index (χ0n) is 22.8. The Morgan fingerprint density at radius 3 is 2.55 bits per heavy atom. The van der Waals surface area contributed by atoms with E-state index in [1.165, 1.54) is 30.2 Å². The van der Waals surface area contributed by atoms with Crippen LogP contribution in [0.5, 0.6) is 11.5 Å². The predicted octanol–water partition coefficient (Wildman–Crippen LogP) is 6.09. The van der Waals surface area contributed by atoms with Crippen molar-refractivity contribution in [1.82, 2.24) is 10.3 Å². The van der Waals surface area contributed by atoms with E-state index in [1.807, 2.05) is 24.3 Å². The van der Waals surface area contributed by atoms with Gasteiger partial charge in [0.2, 0.25) is 11.8 Å². The van der Waals surface area contributed by atoms with Crippen molar-refractivity contribution in [2.24, 2.45) is 0 Å². The molecular formula is C32H34FN3O4. The van der Waals surface area contributed by atoms with Crippen molar-refractivity contribution in [3.05, 3.63) is 89.9 Å². The van der Waals surface area contributed by atoms with Crippen molar-refractivity contribution >= 4 is 28.4 Å². The molecule has 1 aliphatic rings. The van der Waals surface area contributed by atoms with Crippen molar-refractivity contribution in [2.75, 3.05) is 19.1 Å². The van der Waals surface area contributed by atoms with Gasteiger partial charge >= 0.3 is 0 Å². The normalized spacial score (nSPS) is 14.5. The second-order valence-corrected chi connectivity index (χ2v) is 10.1. The van der Waals surface area contributed by atoms with Crippen molar-refractivity contribution < 1.29 is 23.5 Å². The lowest BCUT2D eigenvalue weighted by atomic mass is 9.94. The molecule has 7 nitrogen and oxygen atoms in total. The minimum Gasteiger partial charge on any atom is -0.497 e. The number of ether oxygens (including phenoxy) is 2. The van der Waals surface area contributed by atoms with Crippen LogP contribution in [0.25, 0.3) is 10.9 Å². The van der Waals surface area contributed by atoms with Gasteiger partial charge in [-0.05, 0) is 54.8 Å². The molecule has 0 bridgehead atoms. The van der Waals surface area contributed by atoms with E-state index in [4.69, 9.17) is 9.47 Å². The standard InChI is InChI=1S/C32H34FN3O4/c1-39-25-15-16-27(29(19-25)40-2)31(32(38)35-23-10-4-3-5-11-23)36(24-12-8-9-22(33)18-24)30(37)17-21-20-34-28-14-7-6-13-26(21)28/h6-9,12-16,18-20,23,31,34H,3-5,10-11,17H2,1-2H3,(H,35,38)/t31-/m0/s1. The highest BCUT2D eigenvalue weighted by Gasteiger charge is 2.36. The van der Waals surface area contributed by atoms with E-state index in [2.05, 4.69) is 10.3 Å². The third-order valence-corrected chi connectivity index (χ3v) is 7.56. The number of fused-ring (bicyclic) bond motifs is 1. The molecule has 2 amide bonds. The maximum absolute atomic E-state index is 14.6. The van der Waals surface area contributed by atoms with Crippen LogP contribution in [0.3, 0.4) is 0 Å². The predicted molar refractivity (Wildman–Crippen MR) is 153 cm³/mol. The lowest BCUT2D eigenvalue weighted by Gasteiger charge is -2.34. The first kappa shape index (κ1) is 27.2. The number of para-hydroxylation sites is 1. The second-order valence-electron chi connectivity index (χ2n) is 10.1. The summed E-state index contributed by atoms with van der Waals surface area (Å²) in [6, 6.07) is 17.5. The number of carbonyl (C=O) groups is 2. The van der Waals surface area contributed by atoms with Crippen molar-refractivity contribution in [1.29, 1.82) is 0 Å². The molecule has 2 N–H and O–H groups in total. The number of carbonyl (C=O) groups excluding carboxylic acids is 2. The van der Waals surface area contributed by atoms with Gasteiger partial charge in [-0.15, -0.1) is 0 Å². The number of aromatic nitrogens is 1. The SMILES string of the molecule is COc1ccc([C@@H](C(=O)NC2CCCCC2)N(C(=O)Cc2c[nH]c3ccccc23)c2cccc(F)c2)c(OC)c1. The molecule has 1 fully saturated rings. The molecule has 40 heavy (non-hydrogen) atoms. The van der Waals surface area contributed by atoms with Crippen molar-refractivity contribution in [2.45, 2.75) is 50.6 Å². The fraction of sp³-hybridized carbons (Fsp3) is 0.312. The monoisotopic (exact) mass is 543 g/mol. The average Bonchev–Trinajstić information content (AvgIpc) is 3.38. The van der Waals surface area contributed by atoms with Crippen LogP contribution in [0.2, 0.25) is 0 Å². The first-order chi connectivity index (χ1) is 19.5. The maximum Gasteiger partial charge on any atom is 0.248 e. The van der Waals surface area contributed by atoms with Gasteiger partial charge in [-0.1, -0.05) is 43.5 Å². The highest BCUT2D eigenvalue weighted by molar-refractivity contribution is 6.03. The van der Waals surface area contributed by atoms with Crippen LogP contribution in [-0.4, -0.2) is 37.1 Å². The lowest BCUT2D eigenvalue weighted by Crippen LogP contribution is -2.48. The Bertz CT molecular complexity index is 1490. The molecule has 1 saturated carbocycles. The van der Waals surface area contributed by atoms with Gasteiger partial charge in [0.1, 0.15) is 23.4 Å². The molecule has 0 unspecified atom stereocenters. The van der Waals surface area contributed by atoms with Gasteiger partial charge in [-0.2, -0.15) is 0 Å². The largest absolute Gasteiger partial charge is 0.497 e. The summed E-state index contributed by atoms with van der Waals surface area (Å²) in [5.74, 6) is -0.252. The summed E-state index contributed by atoms with van der Waals surface area (Å²) >= 11 is 0. The summed E-state index contributed by atoms with van der Waals surface area (Å²) in [5.41, 5.74) is 2.46. The van der Waals surface area contributed by atoms with E-state index in [0.29, 0.717) is 17.1 Å². The summed E-state index contributed by atoms with van der Waals surface area (Å²) < 4.78 is 25.6. The van der Waals surface area contributed by atoms with Crippen LogP contribution in [0.4, 0.5) is 10.1 Å². The zero-order chi connectivity index (χ0) is 28.1. The Morgan fingerprint density at radius 2 is 1.80 bits per heavy atom. The number of halogens is 1. The van der Waals surface area contributed by atoms with Gasteiger partial charge < -0.3 is 19.8 Å². The molecule has 1 aliphatic carbocycles. The highest BCUT2D eigenvalue weighted by atomic mass is 19.1. The van der Waals surface area contributed by atoms with E-state index in [1.54, 1.807) is 37.6 Å². The fourth-order valence-electron chi connectivity index (χ4n) is 5.56. The van der Waals surface area contributed by atoms with Gasteiger partial charge in [-0.3, -0.25) is 14.5 Å². The lowest BCUT2D eigenvalue weighted by molar-refractivity contribution is -0.127. The van der Waals surface area contributed by atoms with E-state index < -0.39 is 11.9 Å². The average molecular weight is 544 g/mol. The molecule has 0 spiro atoms. The minimum atomic E-state index is -1.11. The van der Waals surface area contributed by atoms with Crippen LogP contribution in [0, 0.1) is 5.82 Å². The van der Waals surface area contributed by atoms with E-state index in [9.17, 15) is 14.0 Å². The van der Waals surface area contributed by atoms with E-state index >= 15 is 0 Å². The molecule has 0 aliphatic heterocycles. The number of methoxy groups -OCH3 is 2. The molecule has 5 rings (SSSR count). The Balaban J connectivity index is 1.61. The van der Waals surface area contributed by atoms with Gasteiger partial charge in [0, 0.05) is 40.5 Å². The van der Waals surface area contributed by atoms with Crippen molar-refractivity contribution in [3.8, 4) is 11.5 Å². The highest BCUT2D eigenvalue weighted by Crippen LogP contribution is 2.37. The number of aromatic amines is 1.